The Balaban J connectivity index is 1.24. The fraction of sp³-hybridized carbons (Fsp3) is 0.0577. The van der Waals surface area contributed by atoms with Crippen molar-refractivity contribution >= 4 is 50.7 Å². The molecule has 2 heterocycles. The molecule has 1 aliphatic carbocycles. The number of nitrogens with zero attached hydrogens (tertiary/aromatic N) is 3. The summed E-state index contributed by atoms with van der Waals surface area (Å²) in [5.41, 5.74) is 11.5. The summed E-state index contributed by atoms with van der Waals surface area (Å²) in [7, 11) is 0. The Morgan fingerprint density at radius 1 is 0.554 bits per heavy atom. The van der Waals surface area contributed by atoms with Crippen molar-refractivity contribution in [3.63, 3.8) is 0 Å². The van der Waals surface area contributed by atoms with E-state index in [4.69, 9.17) is 19.4 Å². The maximum atomic E-state index is 6.51. The number of fused-ring (bicyclic) bond motifs is 6. The Bertz CT molecular complexity index is 2970. The van der Waals surface area contributed by atoms with Gasteiger partial charge in [-0.2, -0.15) is 0 Å². The third-order valence-electron chi connectivity index (χ3n) is 10.9. The van der Waals surface area contributed by atoms with Crippen LogP contribution in [0.1, 0.15) is 35.8 Å². The van der Waals surface area contributed by atoms with Crippen molar-refractivity contribution in [2.24, 2.45) is 0 Å². The van der Waals surface area contributed by atoms with Crippen LogP contribution in [0.3, 0.4) is 0 Å². The maximum Gasteiger partial charge on any atom is 0.165 e. The zero-order valence-corrected chi connectivity index (χ0v) is 31.0. The quantitative estimate of drug-likeness (QED) is 0.165. The zero-order chi connectivity index (χ0) is 37.6. The molecule has 9 aromatic rings. The van der Waals surface area contributed by atoms with Crippen molar-refractivity contribution in [3.8, 4) is 56.4 Å². The average molecular weight is 720 g/mol. The number of allylic oxidation sites excluding steroid dienone is 2. The summed E-state index contributed by atoms with van der Waals surface area (Å²) >= 11 is 0. The van der Waals surface area contributed by atoms with Gasteiger partial charge in [-0.25, -0.2) is 15.0 Å². The van der Waals surface area contributed by atoms with Gasteiger partial charge in [-0.05, 0) is 63.4 Å². The van der Waals surface area contributed by atoms with Gasteiger partial charge in [-0.15, -0.1) is 0 Å². The molecule has 0 aliphatic heterocycles. The van der Waals surface area contributed by atoms with Crippen LogP contribution >= 0.6 is 0 Å². The Kier molecular flexibility index (Phi) is 8.30. The lowest BCUT2D eigenvalue weighted by atomic mass is 9.84. The summed E-state index contributed by atoms with van der Waals surface area (Å²) in [4.78, 5) is 15.6. The molecule has 7 aromatic carbocycles. The van der Waals surface area contributed by atoms with Gasteiger partial charge in [-0.3, -0.25) is 0 Å². The van der Waals surface area contributed by atoms with Crippen LogP contribution in [0.15, 0.2) is 163 Å². The number of rotatable bonds is 7. The molecule has 0 spiro atoms. The number of aryl methyl sites for hydroxylation is 1. The van der Waals surface area contributed by atoms with Crippen molar-refractivity contribution in [2.45, 2.75) is 19.8 Å². The first-order chi connectivity index (χ1) is 27.7. The minimum Gasteiger partial charge on any atom is -0.460 e. The first kappa shape index (κ1) is 33.4. The molecule has 0 atom stereocenters. The predicted molar refractivity (Wildman–Crippen MR) is 234 cm³/mol. The molecule has 0 unspecified atom stereocenters. The highest BCUT2D eigenvalue weighted by Crippen LogP contribution is 2.45. The number of hydrogen-bond acceptors (Lipinski definition) is 4. The SMILES string of the molecule is C=Cc1c(/C=C\C)c(-c2nc(-c3ccccc3)nc(-c3ccccc3)n2)c(-c2ccc(-c3cc4c5c(oc4c4ccccc34)CCC=C5)cc2)c2ccccc12. The van der Waals surface area contributed by atoms with Crippen LogP contribution in [-0.4, -0.2) is 15.0 Å². The smallest absolute Gasteiger partial charge is 0.165 e. The lowest BCUT2D eigenvalue weighted by molar-refractivity contribution is 0.549. The van der Waals surface area contributed by atoms with Crippen LogP contribution in [-0.2, 0) is 6.42 Å². The van der Waals surface area contributed by atoms with E-state index in [1.807, 2.05) is 73.7 Å². The molecular weight excluding hydrogens is 683 g/mol. The normalized spacial score (nSPS) is 12.5. The summed E-state index contributed by atoms with van der Waals surface area (Å²) < 4.78 is 6.51. The Labute approximate surface area is 325 Å². The van der Waals surface area contributed by atoms with E-state index in [0.717, 1.165) is 90.2 Å². The number of furan rings is 1. The molecule has 1 aliphatic rings. The highest BCUT2D eigenvalue weighted by atomic mass is 16.3. The topological polar surface area (TPSA) is 51.8 Å². The molecule has 2 aromatic heterocycles. The summed E-state index contributed by atoms with van der Waals surface area (Å²) in [5, 5.41) is 5.69. The van der Waals surface area contributed by atoms with Crippen molar-refractivity contribution in [3.05, 3.63) is 181 Å². The van der Waals surface area contributed by atoms with E-state index in [1.54, 1.807) is 0 Å². The first-order valence-corrected chi connectivity index (χ1v) is 19.2. The lowest BCUT2D eigenvalue weighted by Gasteiger charge is -2.20. The third kappa shape index (κ3) is 5.57. The van der Waals surface area contributed by atoms with E-state index >= 15 is 0 Å². The number of hydrogen-bond donors (Lipinski definition) is 0. The van der Waals surface area contributed by atoms with E-state index in [9.17, 15) is 0 Å². The van der Waals surface area contributed by atoms with Gasteiger partial charge in [0.05, 0.1) is 0 Å². The van der Waals surface area contributed by atoms with Crippen LogP contribution in [0.25, 0.3) is 107 Å². The summed E-state index contributed by atoms with van der Waals surface area (Å²) in [5.74, 6) is 2.92. The summed E-state index contributed by atoms with van der Waals surface area (Å²) in [6, 6.07) is 48.8. The van der Waals surface area contributed by atoms with Crippen LogP contribution in [0.2, 0.25) is 0 Å². The van der Waals surface area contributed by atoms with Crippen LogP contribution in [0.5, 0.6) is 0 Å². The molecule has 0 fully saturated rings. The molecule has 0 N–H and O–H groups in total. The van der Waals surface area contributed by atoms with E-state index < -0.39 is 0 Å². The summed E-state index contributed by atoms with van der Waals surface area (Å²) in [6.07, 6.45) is 12.6. The second kappa shape index (κ2) is 13.9. The molecule has 56 heavy (non-hydrogen) atoms. The van der Waals surface area contributed by atoms with Gasteiger partial charge in [0.1, 0.15) is 11.3 Å². The monoisotopic (exact) mass is 719 g/mol. The molecule has 0 radical (unpaired) electrons. The zero-order valence-electron chi connectivity index (χ0n) is 31.0. The predicted octanol–water partition coefficient (Wildman–Crippen LogP) is 13.9. The molecule has 4 nitrogen and oxygen atoms in total. The van der Waals surface area contributed by atoms with Crippen LogP contribution < -0.4 is 0 Å². The number of benzene rings is 7. The molecular formula is C52H37N3O. The molecule has 10 rings (SSSR count). The Hall–Kier alpha value is -7.17. The largest absolute Gasteiger partial charge is 0.460 e. The number of aromatic nitrogens is 3. The van der Waals surface area contributed by atoms with E-state index in [1.165, 1.54) is 16.5 Å². The maximum absolute atomic E-state index is 6.51. The van der Waals surface area contributed by atoms with E-state index in [2.05, 4.69) is 110 Å². The second-order valence-corrected chi connectivity index (χ2v) is 14.2. The van der Waals surface area contributed by atoms with Gasteiger partial charge in [0.2, 0.25) is 0 Å². The molecule has 0 saturated carbocycles. The van der Waals surface area contributed by atoms with Gasteiger partial charge in [0, 0.05) is 45.0 Å². The van der Waals surface area contributed by atoms with Crippen molar-refractivity contribution in [1.82, 2.24) is 15.0 Å². The van der Waals surface area contributed by atoms with Crippen molar-refractivity contribution in [1.29, 1.82) is 0 Å². The minimum atomic E-state index is 0.605. The van der Waals surface area contributed by atoms with Gasteiger partial charge in [-0.1, -0.05) is 170 Å². The fourth-order valence-electron chi connectivity index (χ4n) is 8.32. The van der Waals surface area contributed by atoms with Gasteiger partial charge >= 0.3 is 0 Å². The molecule has 0 amide bonds. The van der Waals surface area contributed by atoms with Gasteiger partial charge < -0.3 is 4.42 Å². The molecule has 0 bridgehead atoms. The summed E-state index contributed by atoms with van der Waals surface area (Å²) in [6.45, 7) is 6.36. The van der Waals surface area contributed by atoms with Crippen LogP contribution in [0.4, 0.5) is 0 Å². The fourth-order valence-corrected chi connectivity index (χ4v) is 8.32. The molecule has 4 heteroatoms. The molecule has 0 saturated heterocycles. The first-order valence-electron chi connectivity index (χ1n) is 19.2. The Morgan fingerprint density at radius 3 is 1.80 bits per heavy atom. The molecule has 266 valence electrons. The van der Waals surface area contributed by atoms with Crippen molar-refractivity contribution < 1.29 is 4.42 Å². The van der Waals surface area contributed by atoms with Crippen molar-refractivity contribution in [2.75, 3.05) is 0 Å². The van der Waals surface area contributed by atoms with E-state index in [-0.39, 0.29) is 0 Å². The average Bonchev–Trinajstić information content (AvgIpc) is 3.65. The standard InChI is InChI=1S/C52H37N3O/c1-3-17-41-37(4-2)38-22-11-13-25-42(38)47(48(41)52-54-50(35-18-7-5-8-19-35)53-51(55-52)36-20-9-6-10-21-36)34-30-28-33(29-31-34)44-32-45-40-24-15-16-27-46(40)56-49(45)43-26-14-12-23-39(43)44/h3-15,17-26,28-32H,2,16,27H2,1H3/b17-3-. The lowest BCUT2D eigenvalue weighted by Crippen LogP contribution is -2.04. The highest BCUT2D eigenvalue weighted by Gasteiger charge is 2.24. The third-order valence-corrected chi connectivity index (χ3v) is 10.9. The van der Waals surface area contributed by atoms with Gasteiger partial charge in [0.15, 0.2) is 17.5 Å². The van der Waals surface area contributed by atoms with Gasteiger partial charge in [0.25, 0.3) is 0 Å². The minimum absolute atomic E-state index is 0.605. The highest BCUT2D eigenvalue weighted by molar-refractivity contribution is 6.14. The van der Waals surface area contributed by atoms with E-state index in [0.29, 0.717) is 17.5 Å². The second-order valence-electron chi connectivity index (χ2n) is 14.2. The Morgan fingerprint density at radius 2 is 1.14 bits per heavy atom. The van der Waals surface area contributed by atoms with Crippen LogP contribution in [0, 0.1) is 0 Å².